The van der Waals surface area contributed by atoms with E-state index in [-0.39, 0.29) is 17.2 Å². The summed E-state index contributed by atoms with van der Waals surface area (Å²) in [4.78, 5) is 28.8. The molecule has 1 aliphatic heterocycles. The summed E-state index contributed by atoms with van der Waals surface area (Å²) in [7, 11) is 1.66. The van der Waals surface area contributed by atoms with Gasteiger partial charge in [0.15, 0.2) is 0 Å². The average Bonchev–Trinajstić information content (AvgIpc) is 3.06. The SMILES string of the molecule is CNc1ncc([N+](=O)[O-])cc1C(=O)N1CC2CCCC2C1. The Morgan fingerprint density at radius 3 is 2.67 bits per heavy atom. The number of carbonyl (C=O) groups is 1. The fourth-order valence-electron chi connectivity index (χ4n) is 3.49. The number of likely N-dealkylation sites (tertiary alicyclic amines) is 1. The second-order valence-electron chi connectivity index (χ2n) is 5.76. The predicted molar refractivity (Wildman–Crippen MR) is 77.2 cm³/mol. The van der Waals surface area contributed by atoms with Crippen molar-refractivity contribution in [2.24, 2.45) is 11.8 Å². The highest BCUT2D eigenvalue weighted by Crippen LogP contribution is 2.38. The van der Waals surface area contributed by atoms with Crippen LogP contribution in [0.4, 0.5) is 11.5 Å². The number of rotatable bonds is 3. The molecule has 2 fully saturated rings. The summed E-state index contributed by atoms with van der Waals surface area (Å²) in [6.45, 7) is 1.52. The lowest BCUT2D eigenvalue weighted by atomic mass is 10.0. The Morgan fingerprint density at radius 1 is 1.43 bits per heavy atom. The van der Waals surface area contributed by atoms with Crippen LogP contribution in [0.15, 0.2) is 12.3 Å². The standard InChI is InChI=1S/C14H18N4O3/c1-15-13-12(5-11(6-16-13)18(20)21)14(19)17-7-9-3-2-4-10(9)8-17/h5-6,9-10H,2-4,7-8H2,1H3,(H,15,16). The number of aromatic nitrogens is 1. The Bertz CT molecular complexity index is 578. The van der Waals surface area contributed by atoms with Crippen LogP contribution in [0, 0.1) is 22.0 Å². The van der Waals surface area contributed by atoms with Crippen LogP contribution >= 0.6 is 0 Å². The molecule has 1 aromatic heterocycles. The van der Waals surface area contributed by atoms with Gasteiger partial charge in [-0.25, -0.2) is 4.98 Å². The number of pyridine rings is 1. The molecule has 2 unspecified atom stereocenters. The number of hydrogen-bond acceptors (Lipinski definition) is 5. The first-order chi connectivity index (χ1) is 10.1. The van der Waals surface area contributed by atoms with Crippen molar-refractivity contribution in [3.05, 3.63) is 27.9 Å². The fourth-order valence-corrected chi connectivity index (χ4v) is 3.49. The molecule has 112 valence electrons. The number of hydrogen-bond donors (Lipinski definition) is 1. The van der Waals surface area contributed by atoms with Gasteiger partial charge in [-0.3, -0.25) is 14.9 Å². The number of nitrogens with zero attached hydrogens (tertiary/aromatic N) is 3. The van der Waals surface area contributed by atoms with E-state index in [0.29, 0.717) is 17.7 Å². The van der Waals surface area contributed by atoms with Crippen LogP contribution in [-0.2, 0) is 0 Å². The van der Waals surface area contributed by atoms with Gasteiger partial charge in [-0.05, 0) is 24.7 Å². The molecule has 2 heterocycles. The Hall–Kier alpha value is -2.18. The third kappa shape index (κ3) is 2.43. The van der Waals surface area contributed by atoms with Crippen LogP contribution in [0.2, 0.25) is 0 Å². The summed E-state index contributed by atoms with van der Waals surface area (Å²) in [5.41, 5.74) is 0.128. The first-order valence-electron chi connectivity index (χ1n) is 7.21. The van der Waals surface area contributed by atoms with Crippen LogP contribution in [0.5, 0.6) is 0 Å². The highest BCUT2D eigenvalue weighted by Gasteiger charge is 2.39. The largest absolute Gasteiger partial charge is 0.372 e. The van der Waals surface area contributed by atoms with E-state index >= 15 is 0 Å². The van der Waals surface area contributed by atoms with Gasteiger partial charge in [0.05, 0.1) is 10.5 Å². The van der Waals surface area contributed by atoms with Crippen molar-refractivity contribution in [3.63, 3.8) is 0 Å². The maximum absolute atomic E-state index is 12.7. The van der Waals surface area contributed by atoms with Crippen molar-refractivity contribution in [1.82, 2.24) is 9.88 Å². The number of anilines is 1. The zero-order valence-corrected chi connectivity index (χ0v) is 11.9. The van der Waals surface area contributed by atoms with Gasteiger partial charge in [-0.2, -0.15) is 0 Å². The number of carbonyl (C=O) groups excluding carboxylic acids is 1. The van der Waals surface area contributed by atoms with Gasteiger partial charge in [-0.1, -0.05) is 6.42 Å². The molecule has 0 spiro atoms. The normalized spacial score (nSPS) is 24.0. The fraction of sp³-hybridized carbons (Fsp3) is 0.571. The van der Waals surface area contributed by atoms with Gasteiger partial charge in [0.1, 0.15) is 12.0 Å². The number of amides is 1. The maximum atomic E-state index is 12.7. The third-order valence-corrected chi connectivity index (χ3v) is 4.56. The lowest BCUT2D eigenvalue weighted by Crippen LogP contribution is -2.30. The molecule has 0 bridgehead atoms. The van der Waals surface area contributed by atoms with Crippen molar-refractivity contribution in [3.8, 4) is 0 Å². The van der Waals surface area contributed by atoms with E-state index in [1.165, 1.54) is 31.5 Å². The number of nitro groups is 1. The Morgan fingerprint density at radius 2 is 2.10 bits per heavy atom. The topological polar surface area (TPSA) is 88.4 Å². The minimum absolute atomic E-state index is 0.156. The van der Waals surface area contributed by atoms with Crippen LogP contribution in [0.3, 0.4) is 0 Å². The van der Waals surface area contributed by atoms with E-state index in [0.717, 1.165) is 13.1 Å². The zero-order valence-electron chi connectivity index (χ0n) is 11.9. The molecule has 7 heteroatoms. The summed E-state index contributed by atoms with van der Waals surface area (Å²) in [5, 5.41) is 13.7. The van der Waals surface area contributed by atoms with E-state index in [1.54, 1.807) is 7.05 Å². The van der Waals surface area contributed by atoms with Crippen molar-refractivity contribution in [2.75, 3.05) is 25.5 Å². The van der Waals surface area contributed by atoms with Gasteiger partial charge < -0.3 is 10.2 Å². The van der Waals surface area contributed by atoms with E-state index in [4.69, 9.17) is 0 Å². The molecule has 2 aliphatic rings. The third-order valence-electron chi connectivity index (χ3n) is 4.56. The molecule has 1 aromatic rings. The summed E-state index contributed by atoms with van der Waals surface area (Å²) >= 11 is 0. The molecule has 1 saturated heterocycles. The van der Waals surface area contributed by atoms with Crippen LogP contribution in [0.25, 0.3) is 0 Å². The van der Waals surface area contributed by atoms with E-state index < -0.39 is 4.92 Å². The van der Waals surface area contributed by atoms with Crippen LogP contribution in [0.1, 0.15) is 29.6 Å². The van der Waals surface area contributed by atoms with Crippen LogP contribution < -0.4 is 5.32 Å². The second-order valence-corrected chi connectivity index (χ2v) is 5.76. The monoisotopic (exact) mass is 290 g/mol. The lowest BCUT2D eigenvalue weighted by Gasteiger charge is -2.18. The van der Waals surface area contributed by atoms with Gasteiger partial charge in [-0.15, -0.1) is 0 Å². The molecular weight excluding hydrogens is 272 g/mol. The Labute approximate surface area is 122 Å². The molecule has 1 N–H and O–H groups in total. The summed E-state index contributed by atoms with van der Waals surface area (Å²) in [6.07, 6.45) is 4.78. The zero-order chi connectivity index (χ0) is 15.0. The summed E-state index contributed by atoms with van der Waals surface area (Å²) < 4.78 is 0. The minimum Gasteiger partial charge on any atom is -0.372 e. The smallest absolute Gasteiger partial charge is 0.288 e. The predicted octanol–water partition coefficient (Wildman–Crippen LogP) is 1.90. The molecule has 1 amide bonds. The van der Waals surface area contributed by atoms with Crippen molar-refractivity contribution < 1.29 is 9.72 Å². The minimum atomic E-state index is -0.526. The summed E-state index contributed by atoms with van der Waals surface area (Å²) in [6, 6.07) is 1.31. The molecule has 7 nitrogen and oxygen atoms in total. The molecule has 0 radical (unpaired) electrons. The average molecular weight is 290 g/mol. The van der Waals surface area contributed by atoms with E-state index in [2.05, 4.69) is 10.3 Å². The number of nitrogens with one attached hydrogen (secondary N) is 1. The number of fused-ring (bicyclic) bond motifs is 1. The van der Waals surface area contributed by atoms with Gasteiger partial charge in [0.2, 0.25) is 0 Å². The van der Waals surface area contributed by atoms with Gasteiger partial charge in [0, 0.05) is 26.2 Å². The highest BCUT2D eigenvalue weighted by molar-refractivity contribution is 5.99. The van der Waals surface area contributed by atoms with Crippen molar-refractivity contribution in [2.45, 2.75) is 19.3 Å². The van der Waals surface area contributed by atoms with Crippen LogP contribution in [-0.4, -0.2) is 40.9 Å². The van der Waals surface area contributed by atoms with Crippen molar-refractivity contribution >= 4 is 17.4 Å². The maximum Gasteiger partial charge on any atom is 0.288 e. The highest BCUT2D eigenvalue weighted by atomic mass is 16.6. The Balaban J connectivity index is 1.86. The van der Waals surface area contributed by atoms with E-state index in [1.807, 2.05) is 4.90 Å². The first kappa shape index (κ1) is 13.8. The van der Waals surface area contributed by atoms with Crippen molar-refractivity contribution in [1.29, 1.82) is 0 Å². The van der Waals surface area contributed by atoms with E-state index in [9.17, 15) is 14.9 Å². The summed E-state index contributed by atoms with van der Waals surface area (Å²) in [5.74, 6) is 1.42. The molecule has 0 aromatic carbocycles. The first-order valence-corrected chi connectivity index (χ1v) is 7.21. The molecule has 2 atom stereocenters. The lowest BCUT2D eigenvalue weighted by molar-refractivity contribution is -0.385. The Kier molecular flexibility index (Phi) is 3.48. The quantitative estimate of drug-likeness (QED) is 0.678. The molecule has 21 heavy (non-hydrogen) atoms. The van der Waals surface area contributed by atoms with Gasteiger partial charge >= 0.3 is 0 Å². The molecular formula is C14H18N4O3. The molecule has 1 aliphatic carbocycles. The van der Waals surface area contributed by atoms with Gasteiger partial charge in [0.25, 0.3) is 11.6 Å². The molecule has 1 saturated carbocycles. The second kappa shape index (κ2) is 5.31. The molecule has 3 rings (SSSR count).